The zero-order valence-corrected chi connectivity index (χ0v) is 15.9. The first-order valence-corrected chi connectivity index (χ1v) is 9.42. The van der Waals surface area contributed by atoms with E-state index in [1.54, 1.807) is 25.1 Å². The molecule has 8 heteroatoms. The minimum Gasteiger partial charge on any atom is -0.464 e. The first-order valence-electron chi connectivity index (χ1n) is 8.66. The monoisotopic (exact) mass is 394 g/mol. The highest BCUT2D eigenvalue weighted by molar-refractivity contribution is 6.42. The fourth-order valence-corrected chi connectivity index (χ4v) is 4.18. The van der Waals surface area contributed by atoms with E-state index in [0.29, 0.717) is 28.3 Å². The van der Waals surface area contributed by atoms with Crippen LogP contribution in [0, 0.1) is 12.5 Å². The topological polar surface area (TPSA) is 58.3 Å². The summed E-state index contributed by atoms with van der Waals surface area (Å²) in [5.41, 5.74) is 0.658. The van der Waals surface area contributed by atoms with Crippen molar-refractivity contribution in [1.29, 1.82) is 0 Å². The molecule has 138 valence electrons. The summed E-state index contributed by atoms with van der Waals surface area (Å²) >= 11 is 12.1. The number of esters is 1. The molecular weight excluding hydrogens is 375 g/mol. The van der Waals surface area contributed by atoms with Crippen molar-refractivity contribution >= 4 is 40.8 Å². The molecule has 2 saturated heterocycles. The van der Waals surface area contributed by atoms with Crippen LogP contribution in [0.2, 0.25) is 10.0 Å². The molecule has 1 atom stereocenters. The molecule has 1 unspecified atom stereocenters. The molecule has 0 aromatic heterocycles. The van der Waals surface area contributed by atoms with Crippen LogP contribution in [0.1, 0.15) is 32.6 Å². The summed E-state index contributed by atoms with van der Waals surface area (Å²) in [5, 5.41) is 7.94. The van der Waals surface area contributed by atoms with E-state index in [9.17, 15) is 4.79 Å². The Hall–Kier alpha value is -1.97. The van der Waals surface area contributed by atoms with E-state index in [1.165, 1.54) is 0 Å². The Bertz CT molecular complexity index is 754. The Morgan fingerprint density at radius 3 is 2.69 bits per heavy atom. The second-order valence-corrected chi connectivity index (χ2v) is 7.26. The fourth-order valence-electron chi connectivity index (χ4n) is 3.88. The van der Waals surface area contributed by atoms with Crippen molar-refractivity contribution in [2.24, 2.45) is 11.0 Å². The number of piperidine rings is 2. The largest absolute Gasteiger partial charge is 0.464 e. The Kier molecular flexibility index (Phi) is 5.90. The van der Waals surface area contributed by atoms with Crippen molar-refractivity contribution in [3.8, 4) is 0 Å². The van der Waals surface area contributed by atoms with Crippen molar-refractivity contribution in [2.75, 3.05) is 11.9 Å². The minimum atomic E-state index is -0.418. The molecule has 1 aromatic rings. The maximum atomic E-state index is 12.6. The number of rotatable bonds is 3. The van der Waals surface area contributed by atoms with Gasteiger partial charge in [0.15, 0.2) is 0 Å². The second-order valence-electron chi connectivity index (χ2n) is 6.45. The first kappa shape index (κ1) is 18.8. The van der Waals surface area contributed by atoms with Crippen LogP contribution in [-0.4, -0.2) is 35.5 Å². The number of carbonyl (C=O) groups is 1. The number of hydrogen-bond acceptors (Lipinski definition) is 3. The summed E-state index contributed by atoms with van der Waals surface area (Å²) in [6, 6.07) is 4.84. The quantitative estimate of drug-likeness (QED) is 0.271. The van der Waals surface area contributed by atoms with Gasteiger partial charge in [0, 0.05) is 11.7 Å². The number of anilines is 1. The van der Waals surface area contributed by atoms with Gasteiger partial charge < -0.3 is 15.0 Å². The lowest BCUT2D eigenvalue weighted by molar-refractivity contribution is -0.155. The lowest BCUT2D eigenvalue weighted by Crippen LogP contribution is -2.62. The minimum absolute atomic E-state index is 0.158. The van der Waals surface area contributed by atoms with Gasteiger partial charge in [0.1, 0.15) is 11.1 Å². The number of ether oxygens (including phenoxy) is 1. The average Bonchev–Trinajstić information content (AvgIpc) is 2.64. The summed E-state index contributed by atoms with van der Waals surface area (Å²) in [7, 11) is 0. The third kappa shape index (κ3) is 3.74. The third-order valence-corrected chi connectivity index (χ3v) is 5.71. The lowest BCUT2D eigenvalue weighted by Gasteiger charge is -2.50. The van der Waals surface area contributed by atoms with E-state index in [-0.39, 0.29) is 17.9 Å². The molecule has 0 spiro atoms. The highest BCUT2D eigenvalue weighted by atomic mass is 35.5. The maximum absolute atomic E-state index is 12.6. The molecule has 6 nitrogen and oxygen atoms in total. The Balaban J connectivity index is 1.91. The molecule has 1 aliphatic carbocycles. The highest BCUT2D eigenvalue weighted by Gasteiger charge is 2.48. The molecular formula is C18H20Cl2N4O2. The fraction of sp³-hybridized carbons (Fsp3) is 0.500. The lowest BCUT2D eigenvalue weighted by atomic mass is 9.74. The van der Waals surface area contributed by atoms with Gasteiger partial charge in [-0.1, -0.05) is 23.2 Å². The maximum Gasteiger partial charge on any atom is 0.329 e. The van der Waals surface area contributed by atoms with Crippen LogP contribution in [0.15, 0.2) is 23.3 Å². The third-order valence-electron chi connectivity index (χ3n) is 4.97. The van der Waals surface area contributed by atoms with Crippen molar-refractivity contribution in [1.82, 2.24) is 4.90 Å². The average molecular weight is 395 g/mol. The summed E-state index contributed by atoms with van der Waals surface area (Å²) in [6.45, 7) is 9.32. The van der Waals surface area contributed by atoms with Gasteiger partial charge >= 0.3 is 5.97 Å². The predicted octanol–water partition coefficient (Wildman–Crippen LogP) is 4.40. The summed E-state index contributed by atoms with van der Waals surface area (Å²) in [6.07, 6.45) is 3.92. The number of carbonyl (C=O) groups excluding carboxylic acids is 1. The van der Waals surface area contributed by atoms with Crippen molar-refractivity contribution in [2.45, 2.75) is 44.7 Å². The van der Waals surface area contributed by atoms with Crippen LogP contribution in [0.4, 0.5) is 5.69 Å². The number of halogens is 2. The van der Waals surface area contributed by atoms with E-state index >= 15 is 0 Å². The predicted molar refractivity (Wildman–Crippen MR) is 102 cm³/mol. The summed E-state index contributed by atoms with van der Waals surface area (Å²) in [5.74, 6) is 0.312. The van der Waals surface area contributed by atoms with E-state index in [4.69, 9.17) is 34.5 Å². The van der Waals surface area contributed by atoms with Crippen LogP contribution in [0.3, 0.4) is 0 Å². The molecule has 4 rings (SSSR count). The van der Waals surface area contributed by atoms with Gasteiger partial charge in [-0.25, -0.2) is 4.79 Å². The number of nitrogens with one attached hydrogen (secondary N) is 1. The number of nitrogens with zero attached hydrogens (tertiary/aromatic N) is 3. The van der Waals surface area contributed by atoms with Crippen LogP contribution in [0.25, 0.3) is 4.95 Å². The van der Waals surface area contributed by atoms with Gasteiger partial charge in [0.05, 0.1) is 16.7 Å². The van der Waals surface area contributed by atoms with Gasteiger partial charge in [-0.05, 0) is 56.7 Å². The van der Waals surface area contributed by atoms with Crippen molar-refractivity contribution < 1.29 is 9.53 Å². The van der Waals surface area contributed by atoms with Gasteiger partial charge in [-0.2, -0.15) is 6.57 Å². The molecule has 2 heterocycles. The number of fused-ring (bicyclic) bond motifs is 3. The van der Waals surface area contributed by atoms with Crippen molar-refractivity contribution in [3.63, 3.8) is 0 Å². The SMILES string of the molecule is [C-]#[N+]/N=C(/Nc1ccc(Cl)c(Cl)c1)N1C2CCC(CC2)C1C(=O)OCC. The second kappa shape index (κ2) is 8.15. The van der Waals surface area contributed by atoms with Gasteiger partial charge in [0.2, 0.25) is 0 Å². The highest BCUT2D eigenvalue weighted by Crippen LogP contribution is 2.40. The van der Waals surface area contributed by atoms with E-state index in [0.717, 1.165) is 25.7 Å². The molecule has 2 bridgehead atoms. The summed E-state index contributed by atoms with van der Waals surface area (Å²) < 4.78 is 5.30. The first-order chi connectivity index (χ1) is 12.5. The van der Waals surface area contributed by atoms with Gasteiger partial charge in [-0.3, -0.25) is 0 Å². The van der Waals surface area contributed by atoms with Gasteiger partial charge in [-0.15, -0.1) is 4.95 Å². The number of hydrogen-bond donors (Lipinski definition) is 1. The molecule has 3 fully saturated rings. The molecule has 1 aromatic carbocycles. The Morgan fingerprint density at radius 1 is 1.35 bits per heavy atom. The molecule has 3 aliphatic rings. The molecule has 2 aliphatic heterocycles. The number of guanidine groups is 1. The van der Waals surface area contributed by atoms with Gasteiger partial charge in [0.25, 0.3) is 5.96 Å². The van der Waals surface area contributed by atoms with E-state index in [1.807, 2.05) is 4.90 Å². The molecule has 1 N–H and O–H groups in total. The standard InChI is InChI=1S/C18H20Cl2N4O2/c1-3-26-17(25)16-11-4-7-13(8-5-11)24(16)18(23-21-2)22-12-6-9-14(19)15(20)10-12/h6,9-11,13,16H,3-5,7-8H2,1H3,(H,22,23). The number of benzene rings is 1. The van der Waals surface area contributed by atoms with Crippen LogP contribution >= 0.6 is 23.2 Å². The smallest absolute Gasteiger partial charge is 0.329 e. The normalized spacial score (nSPS) is 24.9. The molecule has 1 saturated carbocycles. The molecule has 0 amide bonds. The zero-order chi connectivity index (χ0) is 18.7. The van der Waals surface area contributed by atoms with Crippen LogP contribution < -0.4 is 5.32 Å². The van der Waals surface area contributed by atoms with E-state index in [2.05, 4.69) is 15.4 Å². The molecule has 26 heavy (non-hydrogen) atoms. The van der Waals surface area contributed by atoms with Crippen LogP contribution in [0.5, 0.6) is 0 Å². The zero-order valence-electron chi connectivity index (χ0n) is 14.4. The Labute approximate surface area is 162 Å². The van der Waals surface area contributed by atoms with Crippen molar-refractivity contribution in [3.05, 3.63) is 39.8 Å². The van der Waals surface area contributed by atoms with E-state index < -0.39 is 6.04 Å². The molecule has 0 radical (unpaired) electrons. The Morgan fingerprint density at radius 2 is 2.08 bits per heavy atom. The summed E-state index contributed by atoms with van der Waals surface area (Å²) in [4.78, 5) is 17.7. The van der Waals surface area contributed by atoms with Crippen LogP contribution in [-0.2, 0) is 9.53 Å².